The molecule has 1 N–H and O–H groups in total. The van der Waals surface area contributed by atoms with E-state index in [-0.39, 0.29) is 18.3 Å². The zero-order valence-corrected chi connectivity index (χ0v) is 14.1. The minimum atomic E-state index is -0.299. The van der Waals surface area contributed by atoms with E-state index in [1.54, 1.807) is 11.5 Å². The highest BCUT2D eigenvalue weighted by Gasteiger charge is 2.19. The average Bonchev–Trinajstić information content (AvgIpc) is 3.03. The second-order valence-corrected chi connectivity index (χ2v) is 6.00. The minimum absolute atomic E-state index is 0.135. The lowest BCUT2D eigenvalue weighted by atomic mass is 10.1. The molecule has 1 aromatic carbocycles. The van der Waals surface area contributed by atoms with E-state index in [0.717, 1.165) is 11.3 Å². The van der Waals surface area contributed by atoms with Gasteiger partial charge in [0.1, 0.15) is 23.8 Å². The number of fused-ring (bicyclic) bond motifs is 1. The summed E-state index contributed by atoms with van der Waals surface area (Å²) < 4.78 is 11.1. The fourth-order valence-electron chi connectivity index (χ4n) is 2.21. The van der Waals surface area contributed by atoms with Crippen molar-refractivity contribution in [2.75, 3.05) is 18.5 Å². The summed E-state index contributed by atoms with van der Waals surface area (Å²) in [7, 11) is 0. The molecule has 0 spiro atoms. The van der Waals surface area contributed by atoms with Crippen molar-refractivity contribution >= 4 is 34.2 Å². The first-order valence-electron chi connectivity index (χ1n) is 7.45. The monoisotopic (exact) mass is 344 g/mol. The van der Waals surface area contributed by atoms with Gasteiger partial charge in [-0.15, -0.1) is 11.3 Å². The number of hydrogen-bond acceptors (Lipinski definition) is 6. The molecule has 1 aliphatic rings. The van der Waals surface area contributed by atoms with Crippen LogP contribution in [0.5, 0.6) is 11.5 Å². The van der Waals surface area contributed by atoms with Gasteiger partial charge in [-0.3, -0.25) is 14.9 Å². The number of aromatic nitrogens is 1. The first-order valence-corrected chi connectivity index (χ1v) is 8.33. The summed E-state index contributed by atoms with van der Waals surface area (Å²) in [5.41, 5.74) is 1.62. The molecule has 0 bridgehead atoms. The molecule has 0 unspecified atom stereocenters. The summed E-state index contributed by atoms with van der Waals surface area (Å²) in [5.74, 6) is 1.00. The molecule has 0 radical (unpaired) electrons. The third kappa shape index (κ3) is 3.46. The normalized spacial score (nSPS) is 12.7. The highest BCUT2D eigenvalue weighted by atomic mass is 32.1. The first kappa shape index (κ1) is 16.2. The summed E-state index contributed by atoms with van der Waals surface area (Å²) in [6, 6.07) is 5.49. The van der Waals surface area contributed by atoms with Crippen molar-refractivity contribution in [3.05, 3.63) is 40.4 Å². The quantitative estimate of drug-likeness (QED) is 0.843. The number of carbonyl (C=O) groups is 2. The number of nitrogens with zero attached hydrogens (tertiary/aromatic N) is 1. The van der Waals surface area contributed by atoms with Crippen LogP contribution in [-0.2, 0) is 4.79 Å². The molecule has 0 aliphatic carbocycles. The number of hydrogen-bond donors (Lipinski definition) is 1. The maximum atomic E-state index is 12.4. The van der Waals surface area contributed by atoms with Gasteiger partial charge < -0.3 is 9.47 Å². The fourth-order valence-corrected chi connectivity index (χ4v) is 2.96. The molecule has 0 saturated carbocycles. The maximum Gasteiger partial charge on any atom is 0.256 e. The van der Waals surface area contributed by atoms with Gasteiger partial charge in [-0.2, -0.15) is 0 Å². The third-order valence-electron chi connectivity index (χ3n) is 3.38. The highest BCUT2D eigenvalue weighted by molar-refractivity contribution is 7.14. The number of ether oxygens (including phenoxy) is 2. The largest absolute Gasteiger partial charge is 0.494 e. The lowest BCUT2D eigenvalue weighted by Crippen LogP contribution is -2.21. The van der Waals surface area contributed by atoms with E-state index in [1.807, 2.05) is 25.1 Å². The number of amides is 1. The smallest absolute Gasteiger partial charge is 0.256 e. The summed E-state index contributed by atoms with van der Waals surface area (Å²) in [6.45, 7) is 4.09. The minimum Gasteiger partial charge on any atom is -0.494 e. The van der Waals surface area contributed by atoms with Crippen molar-refractivity contribution in [3.63, 3.8) is 0 Å². The fraction of sp³-hybridized carbons (Fsp3) is 0.235. The summed E-state index contributed by atoms with van der Waals surface area (Å²) in [4.78, 5) is 27.7. The van der Waals surface area contributed by atoms with Crippen molar-refractivity contribution in [1.29, 1.82) is 0 Å². The second-order valence-electron chi connectivity index (χ2n) is 5.14. The molecule has 0 fully saturated rings. The lowest BCUT2D eigenvalue weighted by molar-refractivity contribution is -0.113. The van der Waals surface area contributed by atoms with Crippen molar-refractivity contribution < 1.29 is 19.1 Å². The van der Waals surface area contributed by atoms with Crippen LogP contribution in [0.25, 0.3) is 6.08 Å². The van der Waals surface area contributed by atoms with E-state index in [2.05, 4.69) is 10.3 Å². The van der Waals surface area contributed by atoms with Crippen molar-refractivity contribution in [2.24, 2.45) is 0 Å². The Kier molecular flexibility index (Phi) is 4.61. The van der Waals surface area contributed by atoms with Crippen LogP contribution >= 0.6 is 11.3 Å². The molecule has 124 valence electrons. The molecule has 7 heteroatoms. The van der Waals surface area contributed by atoms with Crippen molar-refractivity contribution in [3.8, 4) is 11.5 Å². The van der Waals surface area contributed by atoms with Crippen LogP contribution in [0.2, 0.25) is 0 Å². The van der Waals surface area contributed by atoms with Gasteiger partial charge in [0.15, 0.2) is 10.9 Å². The first-order chi connectivity index (χ1) is 11.6. The molecule has 1 aliphatic heterocycles. The van der Waals surface area contributed by atoms with Crippen molar-refractivity contribution in [1.82, 2.24) is 4.98 Å². The number of anilines is 1. The predicted molar refractivity (Wildman–Crippen MR) is 91.8 cm³/mol. The molecule has 6 nitrogen and oxygen atoms in total. The van der Waals surface area contributed by atoms with Crippen molar-refractivity contribution in [2.45, 2.75) is 13.8 Å². The molecule has 2 heterocycles. The number of Topliss-reactive ketones (excluding diaryl/α,β-unsaturated/α-hetero) is 1. The molecule has 1 aromatic heterocycles. The van der Waals surface area contributed by atoms with E-state index < -0.39 is 0 Å². The molecule has 0 saturated heterocycles. The molecule has 0 atom stereocenters. The molecular formula is C17H16N2O4S. The number of ketones is 1. The zero-order valence-electron chi connectivity index (χ0n) is 13.3. The van der Waals surface area contributed by atoms with E-state index in [0.29, 0.717) is 28.8 Å². The van der Waals surface area contributed by atoms with E-state index in [1.165, 1.54) is 18.3 Å². The lowest BCUT2D eigenvalue weighted by Gasteiger charge is -2.18. The number of benzene rings is 1. The third-order valence-corrected chi connectivity index (χ3v) is 4.14. The van der Waals surface area contributed by atoms with Crippen LogP contribution in [0, 0.1) is 0 Å². The molecule has 2 aromatic rings. The number of nitrogens with one attached hydrogen (secondary N) is 1. The van der Waals surface area contributed by atoms with Crippen LogP contribution in [0.1, 0.15) is 29.9 Å². The molecule has 24 heavy (non-hydrogen) atoms. The van der Waals surface area contributed by atoms with Gasteiger partial charge in [0.2, 0.25) is 0 Å². The van der Waals surface area contributed by atoms with E-state index in [4.69, 9.17) is 9.47 Å². The van der Waals surface area contributed by atoms with Gasteiger partial charge in [-0.25, -0.2) is 4.98 Å². The molecule has 1 amide bonds. The Balaban J connectivity index is 1.77. The van der Waals surface area contributed by atoms with Gasteiger partial charge in [0.25, 0.3) is 5.91 Å². The number of carbonyl (C=O) groups excluding carboxylic acids is 2. The van der Waals surface area contributed by atoms with Crippen LogP contribution in [0.3, 0.4) is 0 Å². The van der Waals surface area contributed by atoms with Gasteiger partial charge in [-0.1, -0.05) is 0 Å². The Hall–Kier alpha value is -2.67. The molecule has 3 rings (SSSR count). The zero-order chi connectivity index (χ0) is 17.1. The second kappa shape index (κ2) is 6.84. The van der Waals surface area contributed by atoms with Gasteiger partial charge >= 0.3 is 0 Å². The predicted octanol–water partition coefficient (Wildman–Crippen LogP) is 3.16. The summed E-state index contributed by atoms with van der Waals surface area (Å²) in [5, 5.41) is 4.70. The Bertz CT molecular complexity index is 826. The highest BCUT2D eigenvalue weighted by Crippen LogP contribution is 2.30. The van der Waals surface area contributed by atoms with Crippen LogP contribution in [0.15, 0.2) is 29.2 Å². The van der Waals surface area contributed by atoms with Crippen LogP contribution in [0.4, 0.5) is 5.13 Å². The topological polar surface area (TPSA) is 77.5 Å². The van der Waals surface area contributed by atoms with Crippen LogP contribution < -0.4 is 14.8 Å². The Morgan fingerprint density at radius 3 is 2.96 bits per heavy atom. The Labute approximate surface area is 143 Å². The molecular weight excluding hydrogens is 328 g/mol. The maximum absolute atomic E-state index is 12.4. The van der Waals surface area contributed by atoms with Gasteiger partial charge in [0, 0.05) is 17.9 Å². The summed E-state index contributed by atoms with van der Waals surface area (Å²) in [6.07, 6.45) is 1.77. The standard InChI is InChI=1S/C17H16N2O4S/c1-3-22-13-4-5-15-11(7-13)6-12(8-23-15)16(21)19-17-18-14(9-24-17)10(2)20/h4-7,9H,3,8H2,1-2H3,(H,18,19,21). The Morgan fingerprint density at radius 1 is 1.42 bits per heavy atom. The van der Waals surface area contributed by atoms with Gasteiger partial charge in [-0.05, 0) is 31.2 Å². The van der Waals surface area contributed by atoms with Gasteiger partial charge in [0.05, 0.1) is 12.2 Å². The number of thiazole rings is 1. The van der Waals surface area contributed by atoms with E-state index in [9.17, 15) is 9.59 Å². The summed E-state index contributed by atoms with van der Waals surface area (Å²) >= 11 is 1.21. The average molecular weight is 344 g/mol. The Morgan fingerprint density at radius 2 is 2.25 bits per heavy atom. The number of rotatable bonds is 5. The SMILES string of the molecule is CCOc1ccc2c(c1)C=C(C(=O)Nc1nc(C(C)=O)cs1)CO2. The van der Waals surface area contributed by atoms with E-state index >= 15 is 0 Å². The van der Waals surface area contributed by atoms with Crippen LogP contribution in [-0.4, -0.2) is 29.9 Å².